The van der Waals surface area contributed by atoms with E-state index in [4.69, 9.17) is 34.6 Å². The van der Waals surface area contributed by atoms with Crippen molar-refractivity contribution >= 4 is 17.9 Å². The lowest BCUT2D eigenvalue weighted by Crippen LogP contribution is -2.49. The Bertz CT molecular complexity index is 1260. The van der Waals surface area contributed by atoms with E-state index in [1.54, 1.807) is 20.3 Å². The minimum atomic E-state index is -2.74. The molecule has 12 heteroatoms. The second-order valence-corrected chi connectivity index (χ2v) is 10.8. The second kappa shape index (κ2) is 14.4. The van der Waals surface area contributed by atoms with Crippen LogP contribution in [0.25, 0.3) is 0 Å². The number of para-hydroxylation sites is 1. The number of hydrogen-bond donors (Lipinski definition) is 5. The molecule has 2 fully saturated rings. The van der Waals surface area contributed by atoms with Crippen LogP contribution >= 0.6 is 0 Å². The largest absolute Gasteiger partial charge is 0.497 e. The van der Waals surface area contributed by atoms with Gasteiger partial charge >= 0.3 is 17.9 Å². The number of piperidine rings is 1. The van der Waals surface area contributed by atoms with Crippen LogP contribution in [0.2, 0.25) is 0 Å². The molecule has 2 aromatic rings. The van der Waals surface area contributed by atoms with Crippen molar-refractivity contribution in [2.24, 2.45) is 0 Å². The first kappa shape index (κ1) is 33.4. The Balaban J connectivity index is 0.000000331. The smallest absolute Gasteiger partial charge is 0.336 e. The first-order valence-electron chi connectivity index (χ1n) is 13.8. The number of aliphatic carboxylic acids is 3. The third-order valence-electron chi connectivity index (χ3n) is 7.81. The number of ether oxygens (including phenoxy) is 3. The van der Waals surface area contributed by atoms with Gasteiger partial charge in [0.05, 0.1) is 32.7 Å². The van der Waals surface area contributed by atoms with E-state index in [2.05, 4.69) is 17.5 Å². The van der Waals surface area contributed by atoms with Crippen molar-refractivity contribution in [3.63, 3.8) is 0 Å². The summed E-state index contributed by atoms with van der Waals surface area (Å²) in [4.78, 5) is 33.0. The lowest BCUT2D eigenvalue weighted by atomic mass is 9.80. The van der Waals surface area contributed by atoms with Gasteiger partial charge in [-0.2, -0.15) is 0 Å². The molecule has 2 unspecified atom stereocenters. The Labute approximate surface area is 249 Å². The van der Waals surface area contributed by atoms with Crippen molar-refractivity contribution in [3.05, 3.63) is 66.2 Å². The minimum Gasteiger partial charge on any atom is -0.497 e. The second-order valence-electron chi connectivity index (χ2n) is 10.8. The SMILES string of the molecule is C=CCOc1c(CN2C3CCC2CC(O)(c2ccc(OC)cc2)C3)cccc1OC.O=C(O)CC(O)(CC(=O)O)C(=O)O. The Morgan fingerprint density at radius 1 is 0.977 bits per heavy atom. The molecule has 2 heterocycles. The number of carbonyl (C=O) groups is 3. The first-order valence-corrected chi connectivity index (χ1v) is 13.8. The average Bonchev–Trinajstić information content (AvgIpc) is 3.19. The third kappa shape index (κ3) is 8.25. The highest BCUT2D eigenvalue weighted by Gasteiger charge is 2.48. The Morgan fingerprint density at radius 3 is 2.02 bits per heavy atom. The van der Waals surface area contributed by atoms with Gasteiger partial charge in [-0.3, -0.25) is 14.5 Å². The zero-order chi connectivity index (χ0) is 31.8. The number of carboxylic acid groups (broad SMARTS) is 3. The molecule has 234 valence electrons. The summed E-state index contributed by atoms with van der Waals surface area (Å²) in [6.07, 6.45) is 3.15. The summed E-state index contributed by atoms with van der Waals surface area (Å²) >= 11 is 0. The van der Waals surface area contributed by atoms with Gasteiger partial charge in [-0.05, 0) is 49.4 Å². The molecule has 5 N–H and O–H groups in total. The van der Waals surface area contributed by atoms with Gasteiger partial charge in [0.1, 0.15) is 12.4 Å². The molecule has 0 aromatic heterocycles. The van der Waals surface area contributed by atoms with E-state index in [1.165, 1.54) is 0 Å². The topological polar surface area (TPSA) is 183 Å². The molecule has 2 aromatic carbocycles. The summed E-state index contributed by atoms with van der Waals surface area (Å²) < 4.78 is 16.7. The molecule has 2 saturated heterocycles. The molecule has 0 amide bonds. The van der Waals surface area contributed by atoms with E-state index in [0.717, 1.165) is 60.6 Å². The van der Waals surface area contributed by atoms with E-state index in [9.17, 15) is 19.5 Å². The van der Waals surface area contributed by atoms with Crippen LogP contribution in [0.5, 0.6) is 17.2 Å². The molecule has 0 aliphatic carbocycles. The fourth-order valence-electron chi connectivity index (χ4n) is 5.77. The van der Waals surface area contributed by atoms with Gasteiger partial charge in [0.25, 0.3) is 0 Å². The maximum atomic E-state index is 11.5. The van der Waals surface area contributed by atoms with Crippen LogP contribution in [0.4, 0.5) is 0 Å². The number of carboxylic acids is 3. The molecule has 43 heavy (non-hydrogen) atoms. The molecule has 2 bridgehead atoms. The molecule has 2 atom stereocenters. The van der Waals surface area contributed by atoms with Gasteiger partial charge in [0.15, 0.2) is 17.1 Å². The van der Waals surface area contributed by atoms with Crippen molar-refractivity contribution in [3.8, 4) is 17.2 Å². The van der Waals surface area contributed by atoms with Crippen molar-refractivity contribution in [1.29, 1.82) is 0 Å². The van der Waals surface area contributed by atoms with Crippen LogP contribution in [0.1, 0.15) is 49.7 Å². The van der Waals surface area contributed by atoms with Crippen molar-refractivity contribution in [2.45, 2.75) is 68.4 Å². The van der Waals surface area contributed by atoms with Crippen LogP contribution in [-0.4, -0.2) is 86.9 Å². The molecular formula is C31H39NO11. The molecule has 2 aliphatic rings. The summed E-state index contributed by atoms with van der Waals surface area (Å²) in [6, 6.07) is 14.6. The normalized spacial score (nSPS) is 21.2. The Morgan fingerprint density at radius 2 is 1.56 bits per heavy atom. The molecule has 0 radical (unpaired) electrons. The van der Waals surface area contributed by atoms with Crippen molar-refractivity contribution < 1.29 is 54.1 Å². The maximum Gasteiger partial charge on any atom is 0.336 e. The van der Waals surface area contributed by atoms with E-state index >= 15 is 0 Å². The Kier molecular flexibility index (Phi) is 11.1. The average molecular weight is 602 g/mol. The minimum absolute atomic E-state index is 0.342. The van der Waals surface area contributed by atoms with Gasteiger partial charge < -0.3 is 39.7 Å². The molecule has 12 nitrogen and oxygen atoms in total. The fraction of sp³-hybridized carbons (Fsp3) is 0.452. The van der Waals surface area contributed by atoms with Crippen molar-refractivity contribution in [1.82, 2.24) is 4.90 Å². The van der Waals surface area contributed by atoms with Crippen LogP contribution < -0.4 is 14.2 Å². The predicted octanol–water partition coefficient (Wildman–Crippen LogP) is 3.03. The number of aliphatic hydroxyl groups is 2. The summed E-state index contributed by atoms with van der Waals surface area (Å²) in [5, 5.41) is 45.3. The van der Waals surface area contributed by atoms with E-state index in [-0.39, 0.29) is 0 Å². The monoisotopic (exact) mass is 601 g/mol. The summed E-state index contributed by atoms with van der Waals surface area (Å²) in [6.45, 7) is 4.99. The number of rotatable bonds is 13. The summed E-state index contributed by atoms with van der Waals surface area (Å²) in [5.41, 5.74) is -1.43. The highest BCUT2D eigenvalue weighted by Crippen LogP contribution is 2.47. The van der Waals surface area contributed by atoms with Gasteiger partial charge in [0.2, 0.25) is 0 Å². The van der Waals surface area contributed by atoms with Crippen molar-refractivity contribution in [2.75, 3.05) is 20.8 Å². The highest BCUT2D eigenvalue weighted by molar-refractivity contribution is 5.88. The highest BCUT2D eigenvalue weighted by atomic mass is 16.5. The maximum absolute atomic E-state index is 11.5. The van der Waals surface area contributed by atoms with Gasteiger partial charge in [-0.1, -0.05) is 36.9 Å². The van der Waals surface area contributed by atoms with Gasteiger partial charge in [-0.25, -0.2) is 4.79 Å². The number of hydrogen-bond acceptors (Lipinski definition) is 9. The molecule has 0 saturated carbocycles. The fourth-order valence-corrected chi connectivity index (χ4v) is 5.77. The summed E-state index contributed by atoms with van der Waals surface area (Å²) in [7, 11) is 3.33. The lowest BCUT2D eigenvalue weighted by Gasteiger charge is -2.44. The number of nitrogens with zero attached hydrogens (tertiary/aromatic N) is 1. The summed E-state index contributed by atoms with van der Waals surface area (Å²) in [5.74, 6) is -2.67. The lowest BCUT2D eigenvalue weighted by molar-refractivity contribution is -0.170. The van der Waals surface area contributed by atoms with Gasteiger partial charge in [0, 0.05) is 24.2 Å². The first-order chi connectivity index (χ1) is 20.4. The Hall–Kier alpha value is -4.13. The molecule has 2 aliphatic heterocycles. The zero-order valence-electron chi connectivity index (χ0n) is 24.3. The van der Waals surface area contributed by atoms with Crippen LogP contribution in [-0.2, 0) is 26.5 Å². The molecular weight excluding hydrogens is 562 g/mol. The standard InChI is InChI=1S/C25H31NO4.C6H8O7/c1-4-14-30-24-18(6-5-7-23(24)29-3)17-26-20-10-11-21(26)16-25(27,15-20)19-8-12-22(28-2)13-9-19;7-3(8)1-6(13,5(11)12)2-4(9)10/h4-9,12-13,20-21,27H,1,10-11,14-17H2,2-3H3;13H,1-2H2,(H,7,8)(H,9,10)(H,11,12). The van der Waals surface area contributed by atoms with E-state index in [0.29, 0.717) is 18.7 Å². The third-order valence-corrected chi connectivity index (χ3v) is 7.81. The van der Waals surface area contributed by atoms with Crippen LogP contribution in [0.15, 0.2) is 55.1 Å². The van der Waals surface area contributed by atoms with Crippen LogP contribution in [0.3, 0.4) is 0 Å². The molecule has 4 rings (SSSR count). The zero-order valence-corrected chi connectivity index (χ0v) is 24.3. The number of benzene rings is 2. The van der Waals surface area contributed by atoms with E-state index < -0.39 is 42.0 Å². The van der Waals surface area contributed by atoms with Crippen LogP contribution in [0, 0.1) is 0 Å². The predicted molar refractivity (Wildman–Crippen MR) is 154 cm³/mol. The number of methoxy groups -OCH3 is 2. The van der Waals surface area contributed by atoms with E-state index in [1.807, 2.05) is 36.4 Å². The quantitative estimate of drug-likeness (QED) is 0.212. The van der Waals surface area contributed by atoms with Gasteiger partial charge in [-0.15, -0.1) is 0 Å². The number of fused-ring (bicyclic) bond motifs is 2. The molecule has 0 spiro atoms.